The van der Waals surface area contributed by atoms with Crippen LogP contribution in [0.4, 0.5) is 0 Å². The Morgan fingerprint density at radius 1 is 0.933 bits per heavy atom. The smallest absolute Gasteiger partial charge is 0.0871 e. The molecule has 15 heavy (non-hydrogen) atoms. The molecular weight excluding hydrogens is 184 g/mol. The fourth-order valence-electron chi connectivity index (χ4n) is 1.68. The molecule has 0 aromatic heterocycles. The van der Waals surface area contributed by atoms with Crippen LogP contribution in [0.25, 0.3) is 10.8 Å². The van der Waals surface area contributed by atoms with Crippen molar-refractivity contribution in [3.8, 4) is 0 Å². The highest BCUT2D eigenvalue weighted by atomic mass is 16.5. The highest BCUT2D eigenvalue weighted by molar-refractivity contribution is 5.83. The van der Waals surface area contributed by atoms with Gasteiger partial charge in [0.25, 0.3) is 0 Å². The molecule has 0 N–H and O–H groups in total. The SMILES string of the molecule is COC(C)(C)c1ccc2ccccc2c1. The second-order valence-electron chi connectivity index (χ2n) is 4.28. The summed E-state index contributed by atoms with van der Waals surface area (Å²) < 4.78 is 5.47. The van der Waals surface area contributed by atoms with Gasteiger partial charge in [-0.2, -0.15) is 0 Å². The van der Waals surface area contributed by atoms with Gasteiger partial charge in [0.2, 0.25) is 0 Å². The lowest BCUT2D eigenvalue weighted by molar-refractivity contribution is 0.0193. The zero-order valence-corrected chi connectivity index (χ0v) is 9.45. The summed E-state index contributed by atoms with van der Waals surface area (Å²) in [6.45, 7) is 4.16. The van der Waals surface area contributed by atoms with E-state index in [-0.39, 0.29) is 5.60 Å². The average Bonchev–Trinajstić information content (AvgIpc) is 2.28. The number of rotatable bonds is 2. The Labute approximate surface area is 90.7 Å². The first kappa shape index (κ1) is 10.2. The standard InChI is InChI=1S/C14H16O/c1-14(2,15-3)13-9-8-11-6-4-5-7-12(11)10-13/h4-10H,1-3H3. The van der Waals surface area contributed by atoms with Gasteiger partial charge in [0.15, 0.2) is 0 Å². The van der Waals surface area contributed by atoms with E-state index in [1.54, 1.807) is 7.11 Å². The molecule has 0 aliphatic rings. The third kappa shape index (κ3) is 1.88. The van der Waals surface area contributed by atoms with Crippen molar-refractivity contribution in [2.24, 2.45) is 0 Å². The van der Waals surface area contributed by atoms with Crippen LogP contribution in [0.5, 0.6) is 0 Å². The Morgan fingerprint density at radius 3 is 2.27 bits per heavy atom. The Kier molecular flexibility index (Phi) is 2.49. The predicted molar refractivity (Wildman–Crippen MR) is 64.0 cm³/mol. The molecule has 0 aliphatic heterocycles. The number of fused-ring (bicyclic) bond motifs is 1. The van der Waals surface area contributed by atoms with Crippen LogP contribution in [0.3, 0.4) is 0 Å². The van der Waals surface area contributed by atoms with E-state index in [1.807, 2.05) is 0 Å². The van der Waals surface area contributed by atoms with Gasteiger partial charge in [-0.05, 0) is 36.2 Å². The molecule has 2 rings (SSSR count). The molecule has 0 fully saturated rings. The second kappa shape index (κ2) is 3.67. The highest BCUT2D eigenvalue weighted by Gasteiger charge is 2.19. The highest BCUT2D eigenvalue weighted by Crippen LogP contribution is 2.26. The van der Waals surface area contributed by atoms with Crippen molar-refractivity contribution in [3.05, 3.63) is 48.0 Å². The summed E-state index contributed by atoms with van der Waals surface area (Å²) in [5, 5.41) is 2.54. The third-order valence-electron chi connectivity index (χ3n) is 2.95. The lowest BCUT2D eigenvalue weighted by Gasteiger charge is -2.23. The Balaban J connectivity index is 2.56. The fraction of sp³-hybridized carbons (Fsp3) is 0.286. The molecule has 2 aromatic rings. The van der Waals surface area contributed by atoms with Gasteiger partial charge >= 0.3 is 0 Å². The van der Waals surface area contributed by atoms with Crippen molar-refractivity contribution in [2.45, 2.75) is 19.4 Å². The molecule has 0 spiro atoms. The molecule has 78 valence electrons. The zero-order chi connectivity index (χ0) is 10.9. The normalized spacial score (nSPS) is 11.9. The van der Waals surface area contributed by atoms with Crippen LogP contribution < -0.4 is 0 Å². The van der Waals surface area contributed by atoms with Crippen molar-refractivity contribution < 1.29 is 4.74 Å². The first-order valence-electron chi connectivity index (χ1n) is 5.18. The summed E-state index contributed by atoms with van der Waals surface area (Å²) in [4.78, 5) is 0. The molecule has 2 aromatic carbocycles. The van der Waals surface area contributed by atoms with Crippen LogP contribution >= 0.6 is 0 Å². The second-order valence-corrected chi connectivity index (χ2v) is 4.28. The van der Waals surface area contributed by atoms with E-state index in [4.69, 9.17) is 4.74 Å². The number of methoxy groups -OCH3 is 1. The lowest BCUT2D eigenvalue weighted by atomic mass is 9.95. The van der Waals surface area contributed by atoms with Gasteiger partial charge in [-0.1, -0.05) is 36.4 Å². The predicted octanol–water partition coefficient (Wildman–Crippen LogP) is 3.72. The van der Waals surface area contributed by atoms with E-state index in [0.717, 1.165) is 0 Å². The fourth-order valence-corrected chi connectivity index (χ4v) is 1.68. The van der Waals surface area contributed by atoms with Gasteiger partial charge < -0.3 is 4.74 Å². The summed E-state index contributed by atoms with van der Waals surface area (Å²) in [7, 11) is 1.75. The van der Waals surface area contributed by atoms with E-state index in [0.29, 0.717) is 0 Å². The number of benzene rings is 2. The molecule has 0 amide bonds. The van der Waals surface area contributed by atoms with Gasteiger partial charge in [0.05, 0.1) is 5.60 Å². The maximum absolute atomic E-state index is 5.47. The number of ether oxygens (including phenoxy) is 1. The summed E-state index contributed by atoms with van der Waals surface area (Å²) in [6.07, 6.45) is 0. The van der Waals surface area contributed by atoms with E-state index in [9.17, 15) is 0 Å². The maximum Gasteiger partial charge on any atom is 0.0871 e. The van der Waals surface area contributed by atoms with Crippen molar-refractivity contribution in [1.82, 2.24) is 0 Å². The summed E-state index contributed by atoms with van der Waals surface area (Å²) in [5.41, 5.74) is 0.994. The first-order chi connectivity index (χ1) is 7.13. The Hall–Kier alpha value is -1.34. The van der Waals surface area contributed by atoms with E-state index >= 15 is 0 Å². The van der Waals surface area contributed by atoms with Gasteiger partial charge in [0.1, 0.15) is 0 Å². The average molecular weight is 200 g/mol. The van der Waals surface area contributed by atoms with Crippen LogP contribution in [0.1, 0.15) is 19.4 Å². The van der Waals surface area contributed by atoms with Gasteiger partial charge in [-0.3, -0.25) is 0 Å². The molecule has 1 nitrogen and oxygen atoms in total. The summed E-state index contributed by atoms with van der Waals surface area (Å²) in [5.74, 6) is 0. The maximum atomic E-state index is 5.47. The zero-order valence-electron chi connectivity index (χ0n) is 9.45. The van der Waals surface area contributed by atoms with Crippen LogP contribution in [-0.2, 0) is 10.3 Å². The van der Waals surface area contributed by atoms with Crippen LogP contribution in [0.15, 0.2) is 42.5 Å². The molecule has 0 saturated carbocycles. The van der Waals surface area contributed by atoms with Crippen LogP contribution in [0, 0.1) is 0 Å². The van der Waals surface area contributed by atoms with Gasteiger partial charge in [-0.15, -0.1) is 0 Å². The largest absolute Gasteiger partial charge is 0.374 e. The molecule has 0 bridgehead atoms. The Morgan fingerprint density at radius 2 is 1.60 bits per heavy atom. The molecule has 1 heteroatoms. The molecule has 0 heterocycles. The van der Waals surface area contributed by atoms with Gasteiger partial charge in [0, 0.05) is 7.11 Å². The number of hydrogen-bond donors (Lipinski definition) is 0. The molecule has 0 radical (unpaired) electrons. The first-order valence-corrected chi connectivity index (χ1v) is 5.18. The summed E-state index contributed by atoms with van der Waals surface area (Å²) >= 11 is 0. The van der Waals surface area contributed by atoms with Crippen molar-refractivity contribution in [2.75, 3.05) is 7.11 Å². The lowest BCUT2D eigenvalue weighted by Crippen LogP contribution is -2.19. The van der Waals surface area contributed by atoms with Gasteiger partial charge in [-0.25, -0.2) is 0 Å². The van der Waals surface area contributed by atoms with Crippen molar-refractivity contribution >= 4 is 10.8 Å². The topological polar surface area (TPSA) is 9.23 Å². The molecule has 0 unspecified atom stereocenters. The van der Waals surface area contributed by atoms with Crippen molar-refractivity contribution in [1.29, 1.82) is 0 Å². The molecule has 0 aliphatic carbocycles. The third-order valence-corrected chi connectivity index (χ3v) is 2.95. The molecule has 0 saturated heterocycles. The summed E-state index contributed by atoms with van der Waals surface area (Å²) in [6, 6.07) is 14.8. The quantitative estimate of drug-likeness (QED) is 0.718. The molecular formula is C14H16O. The minimum Gasteiger partial charge on any atom is -0.374 e. The minimum absolute atomic E-state index is 0.218. The van der Waals surface area contributed by atoms with E-state index in [1.165, 1.54) is 16.3 Å². The van der Waals surface area contributed by atoms with Crippen molar-refractivity contribution in [3.63, 3.8) is 0 Å². The van der Waals surface area contributed by atoms with E-state index in [2.05, 4.69) is 56.3 Å². The van der Waals surface area contributed by atoms with Crippen LogP contribution in [0.2, 0.25) is 0 Å². The molecule has 0 atom stereocenters. The number of hydrogen-bond acceptors (Lipinski definition) is 1. The van der Waals surface area contributed by atoms with Crippen LogP contribution in [-0.4, -0.2) is 7.11 Å². The minimum atomic E-state index is -0.218. The monoisotopic (exact) mass is 200 g/mol. The van der Waals surface area contributed by atoms with E-state index < -0.39 is 0 Å². The Bertz CT molecular complexity index is 471.